The molecule has 0 spiro atoms. The molecule has 0 heterocycles. The smallest absolute Gasteiger partial charge is 0.128 e. The standard InChI is InChI=1S/C12H19FN2O/c1-7-5-11(10(14)6-9(7)13)15-12(3,4)8(2)16/h5-6,8,15-16H,14H2,1-4H3. The number of benzene rings is 1. The van der Waals surface area contributed by atoms with Crippen LogP contribution in [0.25, 0.3) is 0 Å². The van der Waals surface area contributed by atoms with Crippen LogP contribution in [0.3, 0.4) is 0 Å². The van der Waals surface area contributed by atoms with Crippen LogP contribution in [0.1, 0.15) is 26.3 Å². The number of rotatable bonds is 3. The van der Waals surface area contributed by atoms with Crippen LogP contribution < -0.4 is 11.1 Å². The normalized spacial score (nSPS) is 13.6. The molecule has 0 saturated heterocycles. The minimum absolute atomic E-state index is 0.321. The van der Waals surface area contributed by atoms with Crippen LogP contribution in [0.2, 0.25) is 0 Å². The lowest BCUT2D eigenvalue weighted by Crippen LogP contribution is -2.42. The Bertz CT molecular complexity index is 389. The molecule has 0 fully saturated rings. The van der Waals surface area contributed by atoms with Gasteiger partial charge in [-0.05, 0) is 45.4 Å². The van der Waals surface area contributed by atoms with Gasteiger partial charge in [-0.15, -0.1) is 0 Å². The molecular weight excluding hydrogens is 207 g/mol. The SMILES string of the molecule is Cc1cc(NC(C)(C)C(C)O)c(N)cc1F. The summed E-state index contributed by atoms with van der Waals surface area (Å²) in [7, 11) is 0. The molecule has 1 unspecified atom stereocenters. The second-order valence-electron chi connectivity index (χ2n) is 4.71. The monoisotopic (exact) mass is 226 g/mol. The molecule has 90 valence electrons. The van der Waals surface area contributed by atoms with Crippen molar-refractivity contribution in [2.24, 2.45) is 0 Å². The van der Waals surface area contributed by atoms with Crippen molar-refractivity contribution in [3.63, 3.8) is 0 Å². The summed E-state index contributed by atoms with van der Waals surface area (Å²) in [5.41, 5.74) is 6.71. The summed E-state index contributed by atoms with van der Waals surface area (Å²) in [6.07, 6.45) is -0.544. The first-order chi connectivity index (χ1) is 7.24. The van der Waals surface area contributed by atoms with E-state index in [4.69, 9.17) is 5.73 Å². The van der Waals surface area contributed by atoms with Gasteiger partial charge in [0.2, 0.25) is 0 Å². The summed E-state index contributed by atoms with van der Waals surface area (Å²) >= 11 is 0. The predicted octanol–water partition coefficient (Wildman–Crippen LogP) is 2.29. The van der Waals surface area contributed by atoms with Crippen molar-refractivity contribution in [3.05, 3.63) is 23.5 Å². The van der Waals surface area contributed by atoms with E-state index < -0.39 is 11.6 Å². The van der Waals surface area contributed by atoms with Crippen molar-refractivity contribution in [1.29, 1.82) is 0 Å². The van der Waals surface area contributed by atoms with Gasteiger partial charge < -0.3 is 16.2 Å². The van der Waals surface area contributed by atoms with Gasteiger partial charge in [-0.2, -0.15) is 0 Å². The fraction of sp³-hybridized carbons (Fsp3) is 0.500. The molecular formula is C12H19FN2O. The van der Waals surface area contributed by atoms with Gasteiger partial charge in [0.25, 0.3) is 0 Å². The van der Waals surface area contributed by atoms with Gasteiger partial charge in [-0.1, -0.05) is 0 Å². The zero-order chi connectivity index (χ0) is 12.5. The number of nitrogen functional groups attached to an aromatic ring is 1. The van der Waals surface area contributed by atoms with Crippen LogP contribution in [0.5, 0.6) is 0 Å². The van der Waals surface area contributed by atoms with E-state index in [-0.39, 0.29) is 5.82 Å². The third-order valence-corrected chi connectivity index (χ3v) is 2.83. The van der Waals surface area contributed by atoms with E-state index in [2.05, 4.69) is 5.32 Å². The Labute approximate surface area is 95.5 Å². The molecule has 0 radical (unpaired) electrons. The fourth-order valence-electron chi connectivity index (χ4n) is 1.26. The number of halogens is 1. The third-order valence-electron chi connectivity index (χ3n) is 2.83. The summed E-state index contributed by atoms with van der Waals surface area (Å²) in [4.78, 5) is 0. The molecule has 16 heavy (non-hydrogen) atoms. The molecule has 4 heteroatoms. The number of aliphatic hydroxyl groups is 1. The molecule has 0 aliphatic heterocycles. The van der Waals surface area contributed by atoms with Gasteiger partial charge in [0.1, 0.15) is 5.82 Å². The summed E-state index contributed by atoms with van der Waals surface area (Å²) < 4.78 is 13.2. The van der Waals surface area contributed by atoms with Gasteiger partial charge in [0.05, 0.1) is 23.0 Å². The average molecular weight is 226 g/mol. The predicted molar refractivity (Wildman–Crippen MR) is 64.9 cm³/mol. The van der Waals surface area contributed by atoms with Crippen LogP contribution in [0.4, 0.5) is 15.8 Å². The molecule has 4 N–H and O–H groups in total. The molecule has 1 atom stereocenters. The number of nitrogens with two attached hydrogens (primary N) is 1. The van der Waals surface area contributed by atoms with E-state index in [9.17, 15) is 9.50 Å². The Hall–Kier alpha value is -1.29. The second-order valence-corrected chi connectivity index (χ2v) is 4.71. The van der Waals surface area contributed by atoms with Gasteiger partial charge in [0.15, 0.2) is 0 Å². The molecule has 0 bridgehead atoms. The first kappa shape index (κ1) is 12.8. The van der Waals surface area contributed by atoms with Crippen molar-refractivity contribution in [1.82, 2.24) is 0 Å². The van der Waals surface area contributed by atoms with Crippen molar-refractivity contribution in [3.8, 4) is 0 Å². The highest BCUT2D eigenvalue weighted by molar-refractivity contribution is 5.68. The number of aryl methyl sites for hydroxylation is 1. The minimum Gasteiger partial charge on any atom is -0.397 e. The lowest BCUT2D eigenvalue weighted by molar-refractivity contribution is 0.133. The lowest BCUT2D eigenvalue weighted by atomic mass is 9.98. The van der Waals surface area contributed by atoms with Crippen LogP contribution in [0.15, 0.2) is 12.1 Å². The Balaban J connectivity index is 3.02. The van der Waals surface area contributed by atoms with Crippen molar-refractivity contribution in [2.45, 2.75) is 39.3 Å². The van der Waals surface area contributed by atoms with Gasteiger partial charge in [0, 0.05) is 0 Å². The number of aliphatic hydroxyl groups excluding tert-OH is 1. The third kappa shape index (κ3) is 2.64. The molecule has 1 rings (SSSR count). The first-order valence-corrected chi connectivity index (χ1v) is 5.26. The topological polar surface area (TPSA) is 58.3 Å². The number of nitrogens with one attached hydrogen (secondary N) is 1. The highest BCUT2D eigenvalue weighted by Crippen LogP contribution is 2.26. The van der Waals surface area contributed by atoms with Gasteiger partial charge in [-0.3, -0.25) is 0 Å². The van der Waals surface area contributed by atoms with Gasteiger partial charge in [-0.25, -0.2) is 4.39 Å². The average Bonchev–Trinajstić information content (AvgIpc) is 2.13. The zero-order valence-corrected chi connectivity index (χ0v) is 10.1. The Morgan fingerprint density at radius 1 is 1.44 bits per heavy atom. The quantitative estimate of drug-likeness (QED) is 0.693. The van der Waals surface area contributed by atoms with E-state index in [1.807, 2.05) is 13.8 Å². The van der Waals surface area contributed by atoms with Crippen LogP contribution >= 0.6 is 0 Å². The maximum atomic E-state index is 13.2. The van der Waals surface area contributed by atoms with E-state index >= 15 is 0 Å². The molecule has 0 aromatic heterocycles. The molecule has 1 aromatic rings. The Morgan fingerprint density at radius 2 is 2.00 bits per heavy atom. The molecule has 0 aliphatic carbocycles. The van der Waals surface area contributed by atoms with E-state index in [0.717, 1.165) is 0 Å². The minimum atomic E-state index is -0.544. The maximum Gasteiger partial charge on any atom is 0.128 e. The van der Waals surface area contributed by atoms with Crippen LogP contribution in [0, 0.1) is 12.7 Å². The number of hydrogen-bond donors (Lipinski definition) is 3. The highest BCUT2D eigenvalue weighted by atomic mass is 19.1. The molecule has 0 amide bonds. The second kappa shape index (κ2) is 4.29. The van der Waals surface area contributed by atoms with E-state index in [1.165, 1.54) is 6.07 Å². The summed E-state index contributed by atoms with van der Waals surface area (Å²) in [6, 6.07) is 2.94. The molecule has 1 aromatic carbocycles. The molecule has 3 nitrogen and oxygen atoms in total. The number of hydrogen-bond acceptors (Lipinski definition) is 3. The van der Waals surface area contributed by atoms with Gasteiger partial charge >= 0.3 is 0 Å². The fourth-order valence-corrected chi connectivity index (χ4v) is 1.26. The molecule has 0 saturated carbocycles. The van der Waals surface area contributed by atoms with E-state index in [1.54, 1.807) is 19.9 Å². The largest absolute Gasteiger partial charge is 0.397 e. The lowest BCUT2D eigenvalue weighted by Gasteiger charge is -2.31. The molecule has 0 aliphatic rings. The number of anilines is 2. The van der Waals surface area contributed by atoms with Crippen molar-refractivity contribution < 1.29 is 9.50 Å². The first-order valence-electron chi connectivity index (χ1n) is 5.26. The zero-order valence-electron chi connectivity index (χ0n) is 10.1. The maximum absolute atomic E-state index is 13.2. The van der Waals surface area contributed by atoms with E-state index in [0.29, 0.717) is 16.9 Å². The van der Waals surface area contributed by atoms with Crippen molar-refractivity contribution in [2.75, 3.05) is 11.1 Å². The van der Waals surface area contributed by atoms with Crippen LogP contribution in [-0.2, 0) is 0 Å². The highest BCUT2D eigenvalue weighted by Gasteiger charge is 2.24. The van der Waals surface area contributed by atoms with Crippen LogP contribution in [-0.4, -0.2) is 16.7 Å². The summed E-state index contributed by atoms with van der Waals surface area (Å²) in [5, 5.41) is 12.7. The van der Waals surface area contributed by atoms with Crippen molar-refractivity contribution >= 4 is 11.4 Å². The Morgan fingerprint density at radius 3 is 2.50 bits per heavy atom. The summed E-state index contributed by atoms with van der Waals surface area (Å²) in [6.45, 7) is 7.08. The summed E-state index contributed by atoms with van der Waals surface area (Å²) in [5.74, 6) is -0.321. The Kier molecular flexibility index (Phi) is 3.43.